The Bertz CT molecular complexity index is 504. The number of thioether (sulfide) groups is 1. The third-order valence-corrected chi connectivity index (χ3v) is 6.32. The van der Waals surface area contributed by atoms with Gasteiger partial charge in [0.2, 0.25) is 0 Å². The van der Waals surface area contributed by atoms with E-state index >= 15 is 0 Å². The van der Waals surface area contributed by atoms with Crippen molar-refractivity contribution < 1.29 is 0 Å². The van der Waals surface area contributed by atoms with Crippen LogP contribution in [0.4, 0.5) is 0 Å². The van der Waals surface area contributed by atoms with Gasteiger partial charge in [0.15, 0.2) is 5.96 Å². The molecule has 1 aromatic heterocycles. The average molecular weight is 341 g/mol. The summed E-state index contributed by atoms with van der Waals surface area (Å²) in [5.74, 6) is 0.886. The molecule has 0 bridgehead atoms. The van der Waals surface area contributed by atoms with Gasteiger partial charge >= 0.3 is 0 Å². The Hall–Kier alpha value is -0.750. The number of nitrogens with one attached hydrogen (secondary N) is 2. The van der Waals surface area contributed by atoms with E-state index in [2.05, 4.69) is 48.0 Å². The molecule has 0 aliphatic heterocycles. The molecule has 2 unspecified atom stereocenters. The summed E-state index contributed by atoms with van der Waals surface area (Å²) < 4.78 is 0. The van der Waals surface area contributed by atoms with E-state index in [4.69, 9.17) is 4.98 Å². The molecule has 0 amide bonds. The zero-order chi connectivity index (χ0) is 16.2. The highest BCUT2D eigenvalue weighted by atomic mass is 32.2. The first-order valence-electron chi connectivity index (χ1n) is 7.87. The lowest BCUT2D eigenvalue weighted by atomic mass is 9.98. The third kappa shape index (κ3) is 4.88. The fourth-order valence-corrected chi connectivity index (χ4v) is 4.28. The summed E-state index contributed by atoms with van der Waals surface area (Å²) in [5.41, 5.74) is 1.21. The van der Waals surface area contributed by atoms with Gasteiger partial charge in [0.25, 0.3) is 0 Å². The number of rotatable bonds is 4. The van der Waals surface area contributed by atoms with Gasteiger partial charge in [-0.2, -0.15) is 11.8 Å². The molecule has 1 fully saturated rings. The lowest BCUT2D eigenvalue weighted by Gasteiger charge is -2.17. The summed E-state index contributed by atoms with van der Waals surface area (Å²) in [6.45, 7) is 7.33. The van der Waals surface area contributed by atoms with Crippen LogP contribution in [0.2, 0.25) is 0 Å². The molecule has 0 aromatic carbocycles. The molecule has 1 aromatic rings. The number of aliphatic imine (C=N–C) groups is 1. The maximum Gasteiger partial charge on any atom is 0.191 e. The minimum absolute atomic E-state index is 0.125. The van der Waals surface area contributed by atoms with Crippen LogP contribution in [0.25, 0.3) is 0 Å². The number of hydrogen-bond acceptors (Lipinski definition) is 4. The van der Waals surface area contributed by atoms with Crippen LogP contribution in [-0.2, 0) is 12.0 Å². The second-order valence-corrected chi connectivity index (χ2v) is 8.83. The largest absolute Gasteiger partial charge is 0.354 e. The van der Waals surface area contributed by atoms with Crippen molar-refractivity contribution in [2.75, 3.05) is 13.3 Å². The van der Waals surface area contributed by atoms with Gasteiger partial charge in [0.05, 0.1) is 17.2 Å². The number of aromatic nitrogens is 1. The Labute approximate surface area is 142 Å². The highest BCUT2D eigenvalue weighted by Crippen LogP contribution is 2.28. The fraction of sp³-hybridized carbons (Fsp3) is 0.750. The summed E-state index contributed by atoms with van der Waals surface area (Å²) >= 11 is 3.71. The average Bonchev–Trinajstić information content (AvgIpc) is 3.11. The molecule has 22 heavy (non-hydrogen) atoms. The first kappa shape index (κ1) is 17.6. The Morgan fingerprint density at radius 3 is 2.77 bits per heavy atom. The van der Waals surface area contributed by atoms with Crippen LogP contribution < -0.4 is 10.6 Å². The molecule has 0 radical (unpaired) electrons. The monoisotopic (exact) mass is 340 g/mol. The van der Waals surface area contributed by atoms with Gasteiger partial charge in [0.1, 0.15) is 0 Å². The fourth-order valence-electron chi connectivity index (χ4n) is 2.58. The Kier molecular flexibility index (Phi) is 6.15. The molecular weight excluding hydrogens is 312 g/mol. The van der Waals surface area contributed by atoms with Crippen molar-refractivity contribution in [3.05, 3.63) is 16.1 Å². The maximum absolute atomic E-state index is 4.71. The quantitative estimate of drug-likeness (QED) is 0.651. The minimum Gasteiger partial charge on any atom is -0.354 e. The van der Waals surface area contributed by atoms with E-state index in [9.17, 15) is 0 Å². The van der Waals surface area contributed by atoms with E-state index in [1.165, 1.54) is 24.3 Å². The summed E-state index contributed by atoms with van der Waals surface area (Å²) in [5, 5.41) is 11.0. The zero-order valence-electron chi connectivity index (χ0n) is 14.3. The lowest BCUT2D eigenvalue weighted by molar-refractivity contribution is 0.581. The van der Waals surface area contributed by atoms with E-state index in [-0.39, 0.29) is 5.41 Å². The highest BCUT2D eigenvalue weighted by Gasteiger charge is 2.24. The van der Waals surface area contributed by atoms with Crippen LogP contribution in [0, 0.1) is 0 Å². The molecule has 124 valence electrons. The molecule has 0 saturated heterocycles. The van der Waals surface area contributed by atoms with Crippen molar-refractivity contribution in [2.24, 2.45) is 4.99 Å². The first-order valence-corrected chi connectivity index (χ1v) is 10.0. The van der Waals surface area contributed by atoms with E-state index in [0.29, 0.717) is 6.04 Å². The summed E-state index contributed by atoms with van der Waals surface area (Å²) in [4.78, 5) is 9.05. The standard InChI is InChI=1S/C16H28N4S2/c1-16(2,3)14-19-12(10-22-14)9-18-15(17-4)20-11-6-7-13(8-11)21-5/h10-11,13H,6-9H2,1-5H3,(H2,17,18,20). The molecule has 2 rings (SSSR count). The van der Waals surface area contributed by atoms with Crippen LogP contribution in [0.3, 0.4) is 0 Å². The van der Waals surface area contributed by atoms with Crippen LogP contribution in [0.1, 0.15) is 50.7 Å². The van der Waals surface area contributed by atoms with Gasteiger partial charge in [0, 0.05) is 29.1 Å². The van der Waals surface area contributed by atoms with Crippen LogP contribution in [0.5, 0.6) is 0 Å². The third-order valence-electron chi connectivity index (χ3n) is 3.91. The topological polar surface area (TPSA) is 49.3 Å². The molecule has 6 heteroatoms. The van der Waals surface area contributed by atoms with Crippen molar-refractivity contribution in [1.29, 1.82) is 0 Å². The molecule has 1 heterocycles. The normalized spacial score (nSPS) is 22.9. The Morgan fingerprint density at radius 1 is 1.45 bits per heavy atom. The molecule has 1 saturated carbocycles. The summed E-state index contributed by atoms with van der Waals surface area (Å²) in [6, 6.07) is 0.546. The Balaban J connectivity index is 1.83. The molecule has 0 spiro atoms. The number of hydrogen-bond donors (Lipinski definition) is 2. The van der Waals surface area contributed by atoms with E-state index in [1.807, 2.05) is 18.8 Å². The molecule has 1 aliphatic rings. The number of guanidine groups is 1. The smallest absolute Gasteiger partial charge is 0.191 e. The SMILES string of the molecule is CN=C(NCc1csc(C(C)(C)C)n1)NC1CCC(SC)C1. The maximum atomic E-state index is 4.71. The highest BCUT2D eigenvalue weighted by molar-refractivity contribution is 7.99. The first-order chi connectivity index (χ1) is 10.4. The van der Waals surface area contributed by atoms with Crippen molar-refractivity contribution in [3.63, 3.8) is 0 Å². The van der Waals surface area contributed by atoms with E-state index in [0.717, 1.165) is 23.4 Å². The van der Waals surface area contributed by atoms with Crippen LogP contribution >= 0.6 is 23.1 Å². The second-order valence-electron chi connectivity index (χ2n) is 6.83. The van der Waals surface area contributed by atoms with Gasteiger partial charge in [-0.25, -0.2) is 4.98 Å². The van der Waals surface area contributed by atoms with Crippen molar-refractivity contribution in [1.82, 2.24) is 15.6 Å². The van der Waals surface area contributed by atoms with Crippen molar-refractivity contribution in [3.8, 4) is 0 Å². The van der Waals surface area contributed by atoms with Crippen LogP contribution in [-0.4, -0.2) is 35.5 Å². The van der Waals surface area contributed by atoms with E-state index < -0.39 is 0 Å². The van der Waals surface area contributed by atoms with Crippen molar-refractivity contribution in [2.45, 2.75) is 63.3 Å². The summed E-state index contributed by atoms with van der Waals surface area (Å²) in [7, 11) is 1.83. The number of nitrogens with zero attached hydrogens (tertiary/aromatic N) is 2. The van der Waals surface area contributed by atoms with Gasteiger partial charge in [-0.05, 0) is 25.5 Å². The predicted molar refractivity (Wildman–Crippen MR) is 99.1 cm³/mol. The van der Waals surface area contributed by atoms with Gasteiger partial charge in [-0.1, -0.05) is 20.8 Å². The molecule has 1 aliphatic carbocycles. The molecule has 4 nitrogen and oxygen atoms in total. The number of thiazole rings is 1. The molecular formula is C16H28N4S2. The zero-order valence-corrected chi connectivity index (χ0v) is 15.9. The minimum atomic E-state index is 0.125. The summed E-state index contributed by atoms with van der Waals surface area (Å²) in [6.07, 6.45) is 5.97. The predicted octanol–water partition coefficient (Wildman–Crippen LogP) is 3.39. The Morgan fingerprint density at radius 2 is 2.23 bits per heavy atom. The van der Waals surface area contributed by atoms with Gasteiger partial charge < -0.3 is 10.6 Å². The molecule has 2 N–H and O–H groups in total. The van der Waals surface area contributed by atoms with Gasteiger partial charge in [-0.15, -0.1) is 11.3 Å². The van der Waals surface area contributed by atoms with E-state index in [1.54, 1.807) is 11.3 Å². The second kappa shape index (κ2) is 7.68. The van der Waals surface area contributed by atoms with Crippen LogP contribution in [0.15, 0.2) is 10.4 Å². The molecule has 2 atom stereocenters. The lowest BCUT2D eigenvalue weighted by Crippen LogP contribution is -2.42. The van der Waals surface area contributed by atoms with Crippen molar-refractivity contribution >= 4 is 29.1 Å². The van der Waals surface area contributed by atoms with Gasteiger partial charge in [-0.3, -0.25) is 4.99 Å².